The van der Waals surface area contributed by atoms with E-state index in [9.17, 15) is 4.39 Å². The Bertz CT molecular complexity index is 195. The highest BCUT2D eigenvalue weighted by Gasteiger charge is 2.56. The standard InChI is InChI=1S/C9H16FNO/c1-8(10)5-9(7-12-2)3-4-11(9)6-8/h3-7H2,1-2H3/t8-,9-/m0/s1. The van der Waals surface area contributed by atoms with Crippen LogP contribution in [0.5, 0.6) is 0 Å². The molecule has 2 atom stereocenters. The van der Waals surface area contributed by atoms with E-state index in [1.165, 1.54) is 0 Å². The minimum atomic E-state index is -0.991. The van der Waals surface area contributed by atoms with Gasteiger partial charge in [0.25, 0.3) is 0 Å². The largest absolute Gasteiger partial charge is 0.383 e. The average molecular weight is 173 g/mol. The quantitative estimate of drug-likeness (QED) is 0.622. The number of methoxy groups -OCH3 is 1. The van der Waals surface area contributed by atoms with Crippen LogP contribution in [0.3, 0.4) is 0 Å². The molecule has 70 valence electrons. The molecule has 2 rings (SSSR count). The van der Waals surface area contributed by atoms with E-state index < -0.39 is 5.67 Å². The van der Waals surface area contributed by atoms with Crippen LogP contribution in [-0.4, -0.2) is 42.9 Å². The van der Waals surface area contributed by atoms with Crippen molar-refractivity contribution in [2.45, 2.75) is 31.0 Å². The summed E-state index contributed by atoms with van der Waals surface area (Å²) in [6, 6.07) is 0. The van der Waals surface area contributed by atoms with Gasteiger partial charge in [0.2, 0.25) is 0 Å². The maximum absolute atomic E-state index is 13.6. The van der Waals surface area contributed by atoms with Crippen LogP contribution in [0.15, 0.2) is 0 Å². The van der Waals surface area contributed by atoms with Crippen molar-refractivity contribution in [3.05, 3.63) is 0 Å². The summed E-state index contributed by atoms with van der Waals surface area (Å²) in [5, 5.41) is 0. The van der Waals surface area contributed by atoms with E-state index in [1.54, 1.807) is 14.0 Å². The van der Waals surface area contributed by atoms with E-state index in [0.717, 1.165) is 13.0 Å². The number of alkyl halides is 1. The predicted octanol–water partition coefficient (Wildman–Crippen LogP) is 1.21. The molecule has 0 unspecified atom stereocenters. The highest BCUT2D eigenvalue weighted by molar-refractivity contribution is 5.11. The Hall–Kier alpha value is -0.150. The van der Waals surface area contributed by atoms with Crippen LogP contribution in [0.2, 0.25) is 0 Å². The smallest absolute Gasteiger partial charge is 0.122 e. The molecular formula is C9H16FNO. The van der Waals surface area contributed by atoms with Crippen LogP contribution in [-0.2, 0) is 4.74 Å². The molecule has 0 amide bonds. The van der Waals surface area contributed by atoms with Crippen molar-refractivity contribution in [2.24, 2.45) is 0 Å². The van der Waals surface area contributed by atoms with Crippen molar-refractivity contribution in [1.82, 2.24) is 4.90 Å². The van der Waals surface area contributed by atoms with Gasteiger partial charge in [0, 0.05) is 32.2 Å². The SMILES string of the molecule is COC[C@@]12CCN1C[C@@](C)(F)C2. The molecule has 2 aliphatic heterocycles. The molecule has 2 fully saturated rings. The van der Waals surface area contributed by atoms with Gasteiger partial charge in [-0.1, -0.05) is 0 Å². The molecule has 0 radical (unpaired) electrons. The van der Waals surface area contributed by atoms with Crippen LogP contribution in [0.25, 0.3) is 0 Å². The lowest BCUT2D eigenvalue weighted by molar-refractivity contribution is -0.0340. The molecule has 0 aromatic heterocycles. The summed E-state index contributed by atoms with van der Waals surface area (Å²) in [7, 11) is 1.69. The van der Waals surface area contributed by atoms with Crippen molar-refractivity contribution in [1.29, 1.82) is 0 Å². The first kappa shape index (κ1) is 8.45. The molecule has 0 spiro atoms. The maximum atomic E-state index is 13.6. The molecule has 0 aliphatic carbocycles. The van der Waals surface area contributed by atoms with Gasteiger partial charge in [0.05, 0.1) is 6.61 Å². The topological polar surface area (TPSA) is 12.5 Å². The molecule has 0 N–H and O–H groups in total. The first-order chi connectivity index (χ1) is 5.58. The Labute approximate surface area is 72.7 Å². The van der Waals surface area contributed by atoms with E-state index >= 15 is 0 Å². The number of rotatable bonds is 2. The third-order valence-corrected chi connectivity index (χ3v) is 3.15. The van der Waals surface area contributed by atoms with Crippen LogP contribution in [0.1, 0.15) is 19.8 Å². The van der Waals surface area contributed by atoms with Crippen LogP contribution in [0.4, 0.5) is 4.39 Å². The second-order valence-corrected chi connectivity index (χ2v) is 4.42. The molecule has 3 heteroatoms. The Kier molecular flexibility index (Phi) is 1.70. The lowest BCUT2D eigenvalue weighted by atomic mass is 9.84. The Balaban J connectivity index is 2.08. The maximum Gasteiger partial charge on any atom is 0.122 e. The zero-order valence-corrected chi connectivity index (χ0v) is 7.77. The van der Waals surface area contributed by atoms with E-state index in [2.05, 4.69) is 4.90 Å². The van der Waals surface area contributed by atoms with Crippen molar-refractivity contribution < 1.29 is 9.13 Å². The molecule has 2 aliphatic rings. The number of nitrogens with zero attached hydrogens (tertiary/aromatic N) is 1. The van der Waals surface area contributed by atoms with E-state index in [0.29, 0.717) is 19.6 Å². The number of hydrogen-bond donors (Lipinski definition) is 0. The molecular weight excluding hydrogens is 157 g/mol. The van der Waals surface area contributed by atoms with Gasteiger partial charge in [0.1, 0.15) is 5.67 Å². The van der Waals surface area contributed by atoms with Gasteiger partial charge in [-0.2, -0.15) is 0 Å². The minimum Gasteiger partial charge on any atom is -0.383 e. The second-order valence-electron chi connectivity index (χ2n) is 4.42. The lowest BCUT2D eigenvalue weighted by Gasteiger charge is -2.47. The Morgan fingerprint density at radius 2 is 2.33 bits per heavy atom. The molecule has 0 saturated carbocycles. The highest BCUT2D eigenvalue weighted by Crippen LogP contribution is 2.46. The van der Waals surface area contributed by atoms with Gasteiger partial charge in [0.15, 0.2) is 0 Å². The highest BCUT2D eigenvalue weighted by atomic mass is 19.1. The summed E-state index contributed by atoms with van der Waals surface area (Å²) in [6.45, 7) is 4.02. The van der Waals surface area contributed by atoms with Gasteiger partial charge < -0.3 is 4.74 Å². The summed E-state index contributed by atoms with van der Waals surface area (Å²) in [5.41, 5.74) is -0.937. The third kappa shape index (κ3) is 1.07. The monoisotopic (exact) mass is 173 g/mol. The van der Waals surface area contributed by atoms with Crippen LogP contribution in [0, 0.1) is 0 Å². The zero-order valence-electron chi connectivity index (χ0n) is 7.77. The van der Waals surface area contributed by atoms with Gasteiger partial charge >= 0.3 is 0 Å². The third-order valence-electron chi connectivity index (χ3n) is 3.15. The summed E-state index contributed by atoms with van der Waals surface area (Å²) in [6.07, 6.45) is 1.74. The van der Waals surface area contributed by atoms with Crippen molar-refractivity contribution in [3.8, 4) is 0 Å². The van der Waals surface area contributed by atoms with Crippen LogP contribution < -0.4 is 0 Å². The summed E-state index contributed by atoms with van der Waals surface area (Å²) < 4.78 is 18.8. The van der Waals surface area contributed by atoms with Crippen LogP contribution >= 0.6 is 0 Å². The molecule has 2 nitrogen and oxygen atoms in total. The first-order valence-electron chi connectivity index (χ1n) is 4.51. The fourth-order valence-corrected chi connectivity index (χ4v) is 2.66. The van der Waals surface area contributed by atoms with Gasteiger partial charge in [-0.15, -0.1) is 0 Å². The number of hydrogen-bond acceptors (Lipinski definition) is 2. The normalized spacial score (nSPS) is 47.2. The van der Waals surface area contributed by atoms with E-state index in [-0.39, 0.29) is 5.54 Å². The summed E-state index contributed by atoms with van der Waals surface area (Å²) >= 11 is 0. The zero-order chi connectivity index (χ0) is 8.82. The minimum absolute atomic E-state index is 0.0538. The molecule has 2 saturated heterocycles. The molecule has 2 heterocycles. The predicted molar refractivity (Wildman–Crippen MR) is 44.9 cm³/mol. The van der Waals surface area contributed by atoms with Crippen molar-refractivity contribution in [2.75, 3.05) is 26.8 Å². The van der Waals surface area contributed by atoms with Gasteiger partial charge in [-0.3, -0.25) is 4.90 Å². The van der Waals surface area contributed by atoms with Crippen molar-refractivity contribution in [3.63, 3.8) is 0 Å². The van der Waals surface area contributed by atoms with E-state index in [1.807, 2.05) is 0 Å². The number of halogens is 1. The fourth-order valence-electron chi connectivity index (χ4n) is 2.66. The second kappa shape index (κ2) is 2.42. The number of ether oxygens (including phenoxy) is 1. The van der Waals surface area contributed by atoms with Gasteiger partial charge in [-0.25, -0.2) is 4.39 Å². The average Bonchev–Trinajstić information content (AvgIpc) is 2.12. The first-order valence-corrected chi connectivity index (χ1v) is 4.51. The molecule has 0 aromatic rings. The fraction of sp³-hybridized carbons (Fsp3) is 1.00. The van der Waals surface area contributed by atoms with Gasteiger partial charge in [-0.05, 0) is 13.3 Å². The van der Waals surface area contributed by atoms with Crippen molar-refractivity contribution >= 4 is 0 Å². The molecule has 0 aromatic carbocycles. The number of fused-ring (bicyclic) bond motifs is 1. The Morgan fingerprint density at radius 1 is 1.58 bits per heavy atom. The lowest BCUT2D eigenvalue weighted by Crippen LogP contribution is -2.58. The summed E-state index contributed by atoms with van der Waals surface area (Å²) in [5.74, 6) is 0. The molecule has 0 bridgehead atoms. The van der Waals surface area contributed by atoms with E-state index in [4.69, 9.17) is 4.74 Å². The summed E-state index contributed by atoms with van der Waals surface area (Å²) in [4.78, 5) is 2.22. The Morgan fingerprint density at radius 3 is 2.75 bits per heavy atom. The molecule has 12 heavy (non-hydrogen) atoms.